The molecule has 27 heavy (non-hydrogen) atoms. The van der Waals surface area contributed by atoms with Crippen LogP contribution in [0.25, 0.3) is 0 Å². The van der Waals surface area contributed by atoms with Crippen molar-refractivity contribution in [2.75, 3.05) is 19.6 Å². The lowest BCUT2D eigenvalue weighted by Gasteiger charge is -2.28. The van der Waals surface area contributed by atoms with Crippen molar-refractivity contribution < 1.29 is 9.59 Å². The van der Waals surface area contributed by atoms with Gasteiger partial charge in [-0.15, -0.1) is 0 Å². The number of nitrogens with zero attached hydrogens (tertiary/aromatic N) is 1. The summed E-state index contributed by atoms with van der Waals surface area (Å²) in [5.74, 6) is -0.475. The highest BCUT2D eigenvalue weighted by Crippen LogP contribution is 2.17. The van der Waals surface area contributed by atoms with Gasteiger partial charge in [-0.25, -0.2) is 0 Å². The summed E-state index contributed by atoms with van der Waals surface area (Å²) < 4.78 is 0. The normalized spacial score (nSPS) is 14.9. The van der Waals surface area contributed by atoms with Crippen molar-refractivity contribution in [1.29, 1.82) is 0 Å². The molecule has 2 aromatic carbocycles. The van der Waals surface area contributed by atoms with Gasteiger partial charge in [0, 0.05) is 36.8 Å². The van der Waals surface area contributed by atoms with Crippen LogP contribution in [0.2, 0.25) is 5.02 Å². The molecule has 1 aliphatic heterocycles. The Labute approximate surface area is 164 Å². The van der Waals surface area contributed by atoms with Crippen molar-refractivity contribution in [1.82, 2.24) is 15.5 Å². The Bertz CT molecular complexity index is 807. The zero-order valence-electron chi connectivity index (χ0n) is 15.4. The Morgan fingerprint density at radius 1 is 1.11 bits per heavy atom. The summed E-state index contributed by atoms with van der Waals surface area (Å²) >= 11 is 5.82. The topological polar surface area (TPSA) is 61.4 Å². The molecule has 2 aromatic rings. The standard InChI is InChI=1S/C21H24ClN3O2/c1-15(24-21(27)17-6-8-19(22)9-7-17)20(26)23-11-13-25-12-10-16-4-2-3-5-18(16)14-25/h2-9,15H,10-14H2,1H3,(H,23,26)(H,24,27)/t15-/m1/s1. The number of amides is 2. The third kappa shape index (κ3) is 5.31. The molecule has 1 aliphatic rings. The van der Waals surface area contributed by atoms with E-state index in [2.05, 4.69) is 39.8 Å². The molecule has 142 valence electrons. The summed E-state index contributed by atoms with van der Waals surface area (Å²) in [6, 6.07) is 14.5. The summed E-state index contributed by atoms with van der Waals surface area (Å²) in [4.78, 5) is 26.7. The SMILES string of the molecule is C[C@@H](NC(=O)c1ccc(Cl)cc1)C(=O)NCCN1CCc2ccccc2C1. The van der Waals surface area contributed by atoms with Crippen molar-refractivity contribution in [3.8, 4) is 0 Å². The minimum absolute atomic E-state index is 0.185. The number of hydrogen-bond donors (Lipinski definition) is 2. The second kappa shape index (κ2) is 9.02. The number of carbonyl (C=O) groups is 2. The highest BCUT2D eigenvalue weighted by molar-refractivity contribution is 6.30. The minimum Gasteiger partial charge on any atom is -0.353 e. The molecule has 0 saturated carbocycles. The van der Waals surface area contributed by atoms with Crippen molar-refractivity contribution in [3.05, 3.63) is 70.2 Å². The Morgan fingerprint density at radius 2 is 1.81 bits per heavy atom. The number of carbonyl (C=O) groups excluding carboxylic acids is 2. The van der Waals surface area contributed by atoms with Gasteiger partial charge in [0.1, 0.15) is 6.04 Å². The Hall–Kier alpha value is -2.37. The van der Waals surface area contributed by atoms with Gasteiger partial charge in [0.15, 0.2) is 0 Å². The molecule has 6 heteroatoms. The van der Waals surface area contributed by atoms with Gasteiger partial charge in [0.25, 0.3) is 5.91 Å². The van der Waals surface area contributed by atoms with Crippen LogP contribution in [0.1, 0.15) is 28.4 Å². The van der Waals surface area contributed by atoms with E-state index in [0.29, 0.717) is 17.1 Å². The number of halogens is 1. The molecule has 1 atom stereocenters. The predicted octanol–water partition coefficient (Wildman–Crippen LogP) is 2.63. The van der Waals surface area contributed by atoms with Crippen molar-refractivity contribution in [2.24, 2.45) is 0 Å². The maximum atomic E-state index is 12.2. The molecule has 0 bridgehead atoms. The van der Waals surface area contributed by atoms with Crippen LogP contribution >= 0.6 is 11.6 Å². The van der Waals surface area contributed by atoms with E-state index in [9.17, 15) is 9.59 Å². The van der Waals surface area contributed by atoms with E-state index >= 15 is 0 Å². The van der Waals surface area contributed by atoms with Crippen LogP contribution < -0.4 is 10.6 Å². The second-order valence-corrected chi connectivity index (χ2v) is 7.22. The number of fused-ring (bicyclic) bond motifs is 1. The summed E-state index contributed by atoms with van der Waals surface area (Å²) in [5.41, 5.74) is 3.25. The van der Waals surface area contributed by atoms with Crippen LogP contribution in [0.15, 0.2) is 48.5 Å². The van der Waals surface area contributed by atoms with E-state index in [1.807, 2.05) is 0 Å². The molecule has 0 fully saturated rings. The molecule has 3 rings (SSSR count). The lowest BCUT2D eigenvalue weighted by Crippen LogP contribution is -2.47. The molecule has 0 aromatic heterocycles. The molecular formula is C21H24ClN3O2. The maximum Gasteiger partial charge on any atom is 0.251 e. The van der Waals surface area contributed by atoms with E-state index in [1.54, 1.807) is 31.2 Å². The third-order valence-electron chi connectivity index (χ3n) is 4.78. The first kappa shape index (κ1) is 19.4. The van der Waals surface area contributed by atoms with Crippen LogP contribution in [0.3, 0.4) is 0 Å². The van der Waals surface area contributed by atoms with E-state index < -0.39 is 6.04 Å². The summed E-state index contributed by atoms with van der Waals surface area (Å²) in [7, 11) is 0. The fourth-order valence-electron chi connectivity index (χ4n) is 3.18. The average molecular weight is 386 g/mol. The van der Waals surface area contributed by atoms with Crippen LogP contribution in [0.4, 0.5) is 0 Å². The van der Waals surface area contributed by atoms with Gasteiger partial charge < -0.3 is 10.6 Å². The van der Waals surface area contributed by atoms with Crippen molar-refractivity contribution in [2.45, 2.75) is 25.9 Å². The fourth-order valence-corrected chi connectivity index (χ4v) is 3.31. The second-order valence-electron chi connectivity index (χ2n) is 6.79. The average Bonchev–Trinajstić information content (AvgIpc) is 2.68. The van der Waals surface area contributed by atoms with Crippen LogP contribution in [-0.2, 0) is 17.8 Å². The Balaban J connectivity index is 1.41. The lowest BCUT2D eigenvalue weighted by molar-refractivity contribution is -0.122. The lowest BCUT2D eigenvalue weighted by atomic mass is 10.00. The van der Waals surface area contributed by atoms with Crippen LogP contribution in [-0.4, -0.2) is 42.4 Å². The molecule has 1 heterocycles. The fraction of sp³-hybridized carbons (Fsp3) is 0.333. The smallest absolute Gasteiger partial charge is 0.251 e. The molecule has 0 spiro atoms. The Morgan fingerprint density at radius 3 is 2.56 bits per heavy atom. The number of rotatable bonds is 6. The van der Waals surface area contributed by atoms with Gasteiger partial charge in [-0.1, -0.05) is 35.9 Å². The van der Waals surface area contributed by atoms with Gasteiger partial charge in [0.2, 0.25) is 5.91 Å². The van der Waals surface area contributed by atoms with Crippen LogP contribution in [0.5, 0.6) is 0 Å². The molecule has 2 amide bonds. The summed E-state index contributed by atoms with van der Waals surface area (Å²) in [6.45, 7) is 4.94. The molecule has 0 radical (unpaired) electrons. The van der Waals surface area contributed by atoms with E-state index in [-0.39, 0.29) is 11.8 Å². The number of nitrogens with one attached hydrogen (secondary N) is 2. The summed E-state index contributed by atoms with van der Waals surface area (Å²) in [6.07, 6.45) is 1.04. The van der Waals surface area contributed by atoms with Gasteiger partial charge in [0.05, 0.1) is 0 Å². The Kier molecular flexibility index (Phi) is 6.48. The quantitative estimate of drug-likeness (QED) is 0.803. The molecule has 0 unspecified atom stereocenters. The molecular weight excluding hydrogens is 362 g/mol. The van der Waals surface area contributed by atoms with Crippen molar-refractivity contribution in [3.63, 3.8) is 0 Å². The number of hydrogen-bond acceptors (Lipinski definition) is 3. The predicted molar refractivity (Wildman–Crippen MR) is 107 cm³/mol. The van der Waals surface area contributed by atoms with E-state index in [0.717, 1.165) is 26.1 Å². The highest BCUT2D eigenvalue weighted by atomic mass is 35.5. The summed E-state index contributed by atoms with van der Waals surface area (Å²) in [5, 5.41) is 6.18. The first-order valence-electron chi connectivity index (χ1n) is 9.16. The largest absolute Gasteiger partial charge is 0.353 e. The molecule has 0 aliphatic carbocycles. The van der Waals surface area contributed by atoms with E-state index in [1.165, 1.54) is 11.1 Å². The van der Waals surface area contributed by atoms with E-state index in [4.69, 9.17) is 11.6 Å². The van der Waals surface area contributed by atoms with Crippen molar-refractivity contribution >= 4 is 23.4 Å². The number of benzene rings is 2. The first-order chi connectivity index (χ1) is 13.0. The third-order valence-corrected chi connectivity index (χ3v) is 5.04. The van der Waals surface area contributed by atoms with Gasteiger partial charge in [-0.3, -0.25) is 14.5 Å². The van der Waals surface area contributed by atoms with Gasteiger partial charge in [-0.2, -0.15) is 0 Å². The maximum absolute atomic E-state index is 12.2. The zero-order valence-corrected chi connectivity index (χ0v) is 16.1. The highest BCUT2D eigenvalue weighted by Gasteiger charge is 2.18. The molecule has 2 N–H and O–H groups in total. The molecule has 0 saturated heterocycles. The van der Waals surface area contributed by atoms with Gasteiger partial charge in [-0.05, 0) is 48.7 Å². The zero-order chi connectivity index (χ0) is 19.2. The first-order valence-corrected chi connectivity index (χ1v) is 9.54. The molecule has 5 nitrogen and oxygen atoms in total. The minimum atomic E-state index is -0.602. The monoisotopic (exact) mass is 385 g/mol. The van der Waals surface area contributed by atoms with Crippen LogP contribution in [0, 0.1) is 0 Å². The van der Waals surface area contributed by atoms with Gasteiger partial charge >= 0.3 is 0 Å².